The molecule has 0 bridgehead atoms. The number of rotatable bonds is 6. The molecule has 10 heteroatoms. The average molecular weight is 479 g/mol. The SMILES string of the molecule is Cc1nc(-c2ccsc2)sc1C(=O)N1CCCC(C(=O)NCCNC(=O)OC(C)(C)C)C1. The minimum atomic E-state index is -0.563. The second kappa shape index (κ2) is 10.4. The molecule has 3 rings (SSSR count). The van der Waals surface area contributed by atoms with Crippen molar-refractivity contribution in [3.05, 3.63) is 27.4 Å². The van der Waals surface area contributed by atoms with Gasteiger partial charge in [-0.2, -0.15) is 11.3 Å². The second-order valence-electron chi connectivity index (χ2n) is 8.76. The van der Waals surface area contributed by atoms with Crippen LogP contribution in [0.4, 0.5) is 4.79 Å². The van der Waals surface area contributed by atoms with Crippen LogP contribution in [0.3, 0.4) is 0 Å². The largest absolute Gasteiger partial charge is 0.444 e. The number of likely N-dealkylation sites (tertiary alicyclic amines) is 1. The van der Waals surface area contributed by atoms with Crippen LogP contribution in [0, 0.1) is 12.8 Å². The van der Waals surface area contributed by atoms with Crippen molar-refractivity contribution >= 4 is 40.6 Å². The number of aromatic nitrogens is 1. The van der Waals surface area contributed by atoms with Crippen LogP contribution in [0.25, 0.3) is 10.6 Å². The highest BCUT2D eigenvalue weighted by Gasteiger charge is 2.30. The zero-order chi connectivity index (χ0) is 23.3. The Morgan fingerprint density at radius 3 is 2.69 bits per heavy atom. The van der Waals surface area contributed by atoms with E-state index >= 15 is 0 Å². The summed E-state index contributed by atoms with van der Waals surface area (Å²) in [5.74, 6) is -0.433. The van der Waals surface area contributed by atoms with Crippen LogP contribution >= 0.6 is 22.7 Å². The van der Waals surface area contributed by atoms with Gasteiger partial charge in [-0.25, -0.2) is 9.78 Å². The van der Waals surface area contributed by atoms with Crippen molar-refractivity contribution in [3.8, 4) is 10.6 Å². The summed E-state index contributed by atoms with van der Waals surface area (Å²) < 4.78 is 5.17. The smallest absolute Gasteiger partial charge is 0.407 e. The summed E-state index contributed by atoms with van der Waals surface area (Å²) in [6, 6.07) is 2.00. The maximum absolute atomic E-state index is 13.1. The molecule has 1 aliphatic rings. The third-order valence-corrected chi connectivity index (χ3v) is 6.81. The number of aryl methyl sites for hydroxylation is 1. The van der Waals surface area contributed by atoms with Crippen molar-refractivity contribution in [1.29, 1.82) is 0 Å². The highest BCUT2D eigenvalue weighted by atomic mass is 32.1. The van der Waals surface area contributed by atoms with Gasteiger partial charge in [-0.3, -0.25) is 9.59 Å². The molecule has 32 heavy (non-hydrogen) atoms. The van der Waals surface area contributed by atoms with E-state index in [1.165, 1.54) is 11.3 Å². The van der Waals surface area contributed by atoms with Gasteiger partial charge in [0.1, 0.15) is 15.5 Å². The summed E-state index contributed by atoms with van der Waals surface area (Å²) >= 11 is 3.00. The molecule has 1 fully saturated rings. The topological polar surface area (TPSA) is 101 Å². The molecule has 0 spiro atoms. The minimum Gasteiger partial charge on any atom is -0.444 e. The highest BCUT2D eigenvalue weighted by Crippen LogP contribution is 2.31. The lowest BCUT2D eigenvalue weighted by atomic mass is 9.97. The maximum Gasteiger partial charge on any atom is 0.407 e. The van der Waals surface area contributed by atoms with Crippen molar-refractivity contribution < 1.29 is 19.1 Å². The molecule has 0 aliphatic carbocycles. The zero-order valence-electron chi connectivity index (χ0n) is 18.9. The number of carbonyl (C=O) groups is 3. The van der Waals surface area contributed by atoms with Gasteiger partial charge in [0.2, 0.25) is 5.91 Å². The Morgan fingerprint density at radius 2 is 2.00 bits per heavy atom. The van der Waals surface area contributed by atoms with E-state index in [0.717, 1.165) is 29.1 Å². The lowest BCUT2D eigenvalue weighted by Gasteiger charge is -2.31. The van der Waals surface area contributed by atoms with E-state index in [1.807, 2.05) is 23.8 Å². The molecule has 1 atom stereocenters. The van der Waals surface area contributed by atoms with E-state index in [1.54, 1.807) is 37.0 Å². The van der Waals surface area contributed by atoms with Crippen molar-refractivity contribution in [2.75, 3.05) is 26.2 Å². The Kier molecular flexibility index (Phi) is 7.89. The number of nitrogens with zero attached hydrogens (tertiary/aromatic N) is 2. The lowest BCUT2D eigenvalue weighted by Crippen LogP contribution is -2.46. The molecule has 2 aromatic rings. The number of thiazole rings is 1. The van der Waals surface area contributed by atoms with Crippen molar-refractivity contribution in [3.63, 3.8) is 0 Å². The van der Waals surface area contributed by atoms with E-state index in [2.05, 4.69) is 15.6 Å². The first kappa shape index (κ1) is 24.2. The van der Waals surface area contributed by atoms with Crippen LogP contribution in [0.2, 0.25) is 0 Å². The van der Waals surface area contributed by atoms with Crippen LogP contribution < -0.4 is 10.6 Å². The summed E-state index contributed by atoms with van der Waals surface area (Å²) in [6.07, 6.45) is 0.995. The van der Waals surface area contributed by atoms with Crippen LogP contribution in [0.1, 0.15) is 49.0 Å². The summed E-state index contributed by atoms with van der Waals surface area (Å²) in [6.45, 7) is 8.83. The van der Waals surface area contributed by atoms with Gasteiger partial charge in [0.05, 0.1) is 11.6 Å². The summed E-state index contributed by atoms with van der Waals surface area (Å²) in [4.78, 5) is 44.3. The summed E-state index contributed by atoms with van der Waals surface area (Å²) in [5, 5.41) is 10.3. The Labute approximate surface area is 196 Å². The van der Waals surface area contributed by atoms with Crippen LogP contribution in [0.15, 0.2) is 16.8 Å². The van der Waals surface area contributed by atoms with Gasteiger partial charge >= 0.3 is 6.09 Å². The van der Waals surface area contributed by atoms with Gasteiger partial charge in [-0.1, -0.05) is 0 Å². The first-order valence-electron chi connectivity index (χ1n) is 10.7. The Morgan fingerprint density at radius 1 is 1.25 bits per heavy atom. The molecule has 8 nitrogen and oxygen atoms in total. The van der Waals surface area contributed by atoms with E-state index in [4.69, 9.17) is 4.74 Å². The third kappa shape index (κ3) is 6.52. The molecule has 1 aliphatic heterocycles. The molecule has 1 saturated heterocycles. The molecule has 3 heterocycles. The van der Waals surface area contributed by atoms with Crippen molar-refractivity contribution in [1.82, 2.24) is 20.5 Å². The van der Waals surface area contributed by atoms with Crippen LogP contribution in [-0.2, 0) is 9.53 Å². The van der Waals surface area contributed by atoms with Crippen LogP contribution in [0.5, 0.6) is 0 Å². The summed E-state index contributed by atoms with van der Waals surface area (Å²) in [5.41, 5.74) is 1.19. The van der Waals surface area contributed by atoms with Gasteiger partial charge in [-0.05, 0) is 52.0 Å². The highest BCUT2D eigenvalue weighted by molar-refractivity contribution is 7.17. The molecule has 3 amide bonds. The first-order valence-corrected chi connectivity index (χ1v) is 12.4. The van der Waals surface area contributed by atoms with Gasteiger partial charge in [0.15, 0.2) is 0 Å². The predicted molar refractivity (Wildman–Crippen MR) is 126 cm³/mol. The monoisotopic (exact) mass is 478 g/mol. The molecule has 2 N–H and O–H groups in total. The molecular weight excluding hydrogens is 448 g/mol. The van der Waals surface area contributed by atoms with E-state index in [9.17, 15) is 14.4 Å². The number of alkyl carbamates (subject to hydrolysis) is 1. The molecule has 0 radical (unpaired) electrons. The molecular formula is C22H30N4O4S2. The average Bonchev–Trinajstić information content (AvgIpc) is 3.39. The van der Waals surface area contributed by atoms with Gasteiger partial charge in [0.25, 0.3) is 5.91 Å². The van der Waals surface area contributed by atoms with Gasteiger partial charge in [-0.15, -0.1) is 11.3 Å². The number of hydrogen-bond donors (Lipinski definition) is 2. The van der Waals surface area contributed by atoms with E-state index in [-0.39, 0.29) is 24.3 Å². The van der Waals surface area contributed by atoms with Gasteiger partial charge < -0.3 is 20.3 Å². The lowest BCUT2D eigenvalue weighted by molar-refractivity contribution is -0.126. The molecule has 0 aromatic carbocycles. The predicted octanol–water partition coefficient (Wildman–Crippen LogP) is 3.67. The first-order chi connectivity index (χ1) is 15.1. The molecule has 0 saturated carbocycles. The number of hydrogen-bond acceptors (Lipinski definition) is 7. The minimum absolute atomic E-state index is 0.0643. The normalized spacial score (nSPS) is 16.5. The zero-order valence-corrected chi connectivity index (χ0v) is 20.5. The van der Waals surface area contributed by atoms with Gasteiger partial charge in [0, 0.05) is 37.1 Å². The van der Waals surface area contributed by atoms with E-state index < -0.39 is 11.7 Å². The summed E-state index contributed by atoms with van der Waals surface area (Å²) in [7, 11) is 0. The molecule has 1 unspecified atom stereocenters. The van der Waals surface area contributed by atoms with Crippen molar-refractivity contribution in [2.45, 2.75) is 46.1 Å². The van der Waals surface area contributed by atoms with Crippen LogP contribution in [-0.4, -0.2) is 59.6 Å². The number of nitrogens with one attached hydrogen (secondary N) is 2. The standard InChI is InChI=1S/C22H30N4O4S2/c1-14-17(32-19(25-14)16-7-11-31-13-16)20(28)26-10-5-6-15(12-26)18(27)23-8-9-24-21(29)30-22(2,3)4/h7,11,13,15H,5-6,8-10,12H2,1-4H3,(H,23,27)(H,24,29). The fraction of sp³-hybridized carbons (Fsp3) is 0.545. The molecule has 2 aromatic heterocycles. The maximum atomic E-state index is 13.1. The fourth-order valence-electron chi connectivity index (χ4n) is 3.43. The Hall–Kier alpha value is -2.46. The Balaban J connectivity index is 1.50. The van der Waals surface area contributed by atoms with E-state index in [0.29, 0.717) is 24.5 Å². The Bertz CT molecular complexity index is 950. The third-order valence-electron chi connectivity index (χ3n) is 4.93. The molecule has 174 valence electrons. The number of ether oxygens (including phenoxy) is 1. The number of thiophene rings is 1. The number of carbonyl (C=O) groups excluding carboxylic acids is 3. The van der Waals surface area contributed by atoms with Crippen molar-refractivity contribution in [2.24, 2.45) is 5.92 Å². The quantitative estimate of drug-likeness (QED) is 0.617. The number of amides is 3. The number of piperidine rings is 1. The second-order valence-corrected chi connectivity index (χ2v) is 10.5. The fourth-order valence-corrected chi connectivity index (χ4v) is 5.18.